The van der Waals surface area contributed by atoms with E-state index in [1.807, 2.05) is 45.0 Å². The first kappa shape index (κ1) is 24.1. The van der Waals surface area contributed by atoms with Crippen molar-refractivity contribution in [3.05, 3.63) is 59.2 Å². The summed E-state index contributed by atoms with van der Waals surface area (Å²) in [4.78, 5) is -0.316. The minimum absolute atomic E-state index is 0.00296. The molecule has 0 aliphatic carbocycles. The maximum Gasteiger partial charge on any atom is 0.261 e. The fraction of sp³-hybridized carbons (Fsp3) is 0.333. The molecule has 2 rings (SSSR count). The zero-order valence-corrected chi connectivity index (χ0v) is 18.8. The molecule has 2 aromatic carbocycles. The van der Waals surface area contributed by atoms with Crippen molar-refractivity contribution < 1.29 is 22.3 Å². The van der Waals surface area contributed by atoms with E-state index < -0.39 is 21.3 Å². The zero-order chi connectivity index (χ0) is 22.5. The number of benzene rings is 2. The van der Waals surface area contributed by atoms with Crippen molar-refractivity contribution in [3.8, 4) is 11.8 Å². The smallest absolute Gasteiger partial charge is 0.261 e. The van der Waals surface area contributed by atoms with Gasteiger partial charge in [0.25, 0.3) is 11.3 Å². The number of hydrogen-bond acceptors (Lipinski definition) is 4. The number of hydrogen-bond donors (Lipinski definition) is 3. The third-order valence-electron chi connectivity index (χ3n) is 4.11. The first-order chi connectivity index (χ1) is 13.9. The Labute approximate surface area is 180 Å². The molecule has 1 atom stereocenters. The second-order valence-corrected chi connectivity index (χ2v) is 10.2. The summed E-state index contributed by atoms with van der Waals surface area (Å²) in [6.45, 7) is 5.79. The van der Waals surface area contributed by atoms with Crippen molar-refractivity contribution in [1.82, 2.24) is 0 Å². The van der Waals surface area contributed by atoms with E-state index in [-0.39, 0.29) is 29.1 Å². The summed E-state index contributed by atoms with van der Waals surface area (Å²) < 4.78 is 46.7. The number of anilines is 1. The maximum absolute atomic E-state index is 12.0. The lowest BCUT2D eigenvalue weighted by Gasteiger charge is -2.22. The normalized spacial score (nSPS) is 12.7. The van der Waals surface area contributed by atoms with Crippen molar-refractivity contribution in [1.29, 1.82) is 0 Å². The Morgan fingerprint density at radius 1 is 1.10 bits per heavy atom. The molecule has 30 heavy (non-hydrogen) atoms. The van der Waals surface area contributed by atoms with Gasteiger partial charge in [-0.2, -0.15) is 0 Å². The number of aliphatic hydroxyl groups is 1. The summed E-state index contributed by atoms with van der Waals surface area (Å²) in [5.41, 5.74) is 2.00. The third-order valence-corrected chi connectivity index (χ3v) is 5.81. The van der Waals surface area contributed by atoms with Crippen LogP contribution in [0.3, 0.4) is 0 Å². The molecular formula is C21H26N2O5S2. The van der Waals surface area contributed by atoms with Crippen LogP contribution in [0.15, 0.2) is 47.4 Å². The Kier molecular flexibility index (Phi) is 7.80. The molecule has 0 spiro atoms. The molecule has 1 unspecified atom stereocenters. The molecule has 0 amide bonds. The predicted molar refractivity (Wildman–Crippen MR) is 118 cm³/mol. The van der Waals surface area contributed by atoms with Crippen LogP contribution in [0.2, 0.25) is 0 Å². The van der Waals surface area contributed by atoms with Crippen LogP contribution < -0.4 is 9.44 Å². The van der Waals surface area contributed by atoms with E-state index in [0.717, 1.165) is 15.4 Å². The van der Waals surface area contributed by atoms with E-state index in [1.165, 1.54) is 18.2 Å². The molecule has 9 heteroatoms. The highest BCUT2D eigenvalue weighted by Gasteiger charge is 2.22. The van der Waals surface area contributed by atoms with Gasteiger partial charge >= 0.3 is 0 Å². The fourth-order valence-electron chi connectivity index (χ4n) is 2.62. The van der Waals surface area contributed by atoms with Gasteiger partial charge in [-0.3, -0.25) is 8.86 Å². The molecule has 0 fully saturated rings. The Morgan fingerprint density at radius 2 is 1.70 bits per heavy atom. The van der Waals surface area contributed by atoms with Gasteiger partial charge in [-0.25, -0.2) is 17.8 Å². The number of nitrogens with two attached hydrogens (primary N) is 1. The van der Waals surface area contributed by atoms with E-state index in [4.69, 9.17) is 5.14 Å². The average Bonchev–Trinajstić information content (AvgIpc) is 2.66. The predicted octanol–water partition coefficient (Wildman–Crippen LogP) is 2.41. The minimum atomic E-state index is -4.17. The second kappa shape index (κ2) is 9.73. The molecule has 0 aliphatic heterocycles. The topological polar surface area (TPSA) is 121 Å². The van der Waals surface area contributed by atoms with Gasteiger partial charge in [0.2, 0.25) is 10.0 Å². The molecule has 0 saturated heterocycles. The van der Waals surface area contributed by atoms with Crippen molar-refractivity contribution in [2.24, 2.45) is 10.6 Å². The van der Waals surface area contributed by atoms with Gasteiger partial charge < -0.3 is 5.11 Å². The quantitative estimate of drug-likeness (QED) is 0.442. The van der Waals surface area contributed by atoms with Crippen molar-refractivity contribution in [3.63, 3.8) is 0 Å². The number of nitrogens with zero attached hydrogens (tertiary/aromatic N) is 1. The molecule has 0 aliphatic rings. The highest BCUT2D eigenvalue weighted by molar-refractivity contribution is 7.89. The van der Waals surface area contributed by atoms with Gasteiger partial charge in [-0.1, -0.05) is 30.0 Å². The molecule has 0 heterocycles. The first-order valence-electron chi connectivity index (χ1n) is 9.18. The largest absolute Gasteiger partial charge is 0.392 e. The van der Waals surface area contributed by atoms with Gasteiger partial charge in [-0.05, 0) is 62.6 Å². The Balaban J connectivity index is 2.26. The average molecular weight is 451 g/mol. The highest BCUT2D eigenvalue weighted by atomic mass is 32.2. The van der Waals surface area contributed by atoms with Crippen LogP contribution in [0.1, 0.15) is 37.5 Å². The van der Waals surface area contributed by atoms with Gasteiger partial charge in [-0.15, -0.1) is 0 Å². The standard InChI is InChI=1S/C21H26N2O5S2/c1-21(2,3)12-10-16-4-6-17(7-5-16)11-13-23(29(25)26)19-9-8-18(15-24)14-20(19)30(22,27)28/h4-9,14,24H,11,13,15H2,1-3H3,(H,25,26)(H2,22,27,28). The number of rotatable bonds is 7. The SMILES string of the molecule is CC(C)(C)C#Cc1ccc(CCN(c2ccc(CO)cc2S(N)(=O)=O)S(=O)O)cc1. The van der Waals surface area contributed by atoms with Crippen molar-refractivity contribution in [2.75, 3.05) is 10.8 Å². The van der Waals surface area contributed by atoms with Crippen LogP contribution in [-0.2, 0) is 34.3 Å². The summed E-state index contributed by atoms with van der Waals surface area (Å²) in [5.74, 6) is 6.26. The van der Waals surface area contributed by atoms with Crippen LogP contribution in [-0.4, -0.2) is 28.8 Å². The molecular weight excluding hydrogens is 424 g/mol. The summed E-state index contributed by atoms with van der Waals surface area (Å²) in [6.07, 6.45) is 0.394. The lowest BCUT2D eigenvalue weighted by molar-refractivity contribution is 0.281. The van der Waals surface area contributed by atoms with Gasteiger partial charge in [0, 0.05) is 17.5 Å². The fourth-order valence-corrected chi connectivity index (χ4v) is 4.04. The molecule has 0 radical (unpaired) electrons. The number of aliphatic hydroxyl groups excluding tert-OH is 1. The van der Waals surface area contributed by atoms with Crippen molar-refractivity contribution >= 4 is 27.0 Å². The van der Waals surface area contributed by atoms with E-state index in [1.54, 1.807) is 0 Å². The summed E-state index contributed by atoms with van der Waals surface area (Å²) >= 11 is -2.47. The van der Waals surface area contributed by atoms with Crippen molar-refractivity contribution in [2.45, 2.75) is 38.7 Å². The number of sulfonamides is 1. The van der Waals surface area contributed by atoms with E-state index >= 15 is 0 Å². The van der Waals surface area contributed by atoms with Crippen LogP contribution >= 0.6 is 0 Å². The summed E-state index contributed by atoms with van der Waals surface area (Å²) in [5, 5.41) is 14.5. The Bertz CT molecular complexity index is 1080. The Hall–Kier alpha value is -2.22. The highest BCUT2D eigenvalue weighted by Crippen LogP contribution is 2.27. The zero-order valence-electron chi connectivity index (χ0n) is 17.1. The lowest BCUT2D eigenvalue weighted by atomic mass is 9.97. The first-order valence-corrected chi connectivity index (χ1v) is 11.8. The molecule has 7 nitrogen and oxygen atoms in total. The lowest BCUT2D eigenvalue weighted by Crippen LogP contribution is -2.30. The maximum atomic E-state index is 12.0. The summed E-state index contributed by atoms with van der Waals surface area (Å²) in [6, 6.07) is 11.5. The minimum Gasteiger partial charge on any atom is -0.392 e. The molecule has 0 saturated carbocycles. The van der Waals surface area contributed by atoms with Crippen LogP contribution in [0.4, 0.5) is 5.69 Å². The van der Waals surface area contributed by atoms with Crippen LogP contribution in [0, 0.1) is 17.3 Å². The molecule has 0 aromatic heterocycles. The molecule has 162 valence electrons. The van der Waals surface area contributed by atoms with Gasteiger partial charge in [0.1, 0.15) is 4.90 Å². The molecule has 2 aromatic rings. The van der Waals surface area contributed by atoms with Crippen LogP contribution in [0.5, 0.6) is 0 Å². The van der Waals surface area contributed by atoms with Crippen LogP contribution in [0.25, 0.3) is 0 Å². The van der Waals surface area contributed by atoms with Gasteiger partial charge in [0.05, 0.1) is 12.3 Å². The van der Waals surface area contributed by atoms with E-state index in [9.17, 15) is 22.3 Å². The Morgan fingerprint density at radius 3 is 2.20 bits per heavy atom. The van der Waals surface area contributed by atoms with E-state index in [2.05, 4.69) is 11.8 Å². The molecule has 0 bridgehead atoms. The number of primary sulfonamides is 1. The monoisotopic (exact) mass is 450 g/mol. The van der Waals surface area contributed by atoms with E-state index in [0.29, 0.717) is 12.0 Å². The summed E-state index contributed by atoms with van der Waals surface area (Å²) in [7, 11) is -4.17. The second-order valence-electron chi connectivity index (χ2n) is 7.78. The third kappa shape index (κ3) is 6.93. The van der Waals surface area contributed by atoms with Gasteiger partial charge in [0.15, 0.2) is 0 Å². The molecule has 4 N–H and O–H groups in total.